The number of hydrogen-bond donors (Lipinski definition) is 2. The van der Waals surface area contributed by atoms with Gasteiger partial charge < -0.3 is 15.2 Å². The van der Waals surface area contributed by atoms with Gasteiger partial charge in [-0.1, -0.05) is 30.3 Å². The smallest absolute Gasteiger partial charge is 0.251 e. The van der Waals surface area contributed by atoms with Gasteiger partial charge in [-0.15, -0.1) is 11.3 Å². The van der Waals surface area contributed by atoms with Crippen molar-refractivity contribution in [2.45, 2.75) is 12.6 Å². The zero-order chi connectivity index (χ0) is 17.6. The molecule has 1 heterocycles. The van der Waals surface area contributed by atoms with Crippen LogP contribution in [0.3, 0.4) is 0 Å². The molecule has 0 aliphatic carbocycles. The Hall–Kier alpha value is -2.63. The molecule has 5 heteroatoms. The van der Waals surface area contributed by atoms with Gasteiger partial charge in [-0.2, -0.15) is 0 Å². The van der Waals surface area contributed by atoms with Crippen molar-refractivity contribution in [3.05, 3.63) is 87.6 Å². The number of nitrogens with one attached hydrogen (secondary N) is 1. The molecule has 1 aromatic heterocycles. The van der Waals surface area contributed by atoms with Crippen molar-refractivity contribution < 1.29 is 14.6 Å². The van der Waals surface area contributed by atoms with Crippen LogP contribution >= 0.6 is 11.3 Å². The quantitative estimate of drug-likeness (QED) is 0.709. The highest BCUT2D eigenvalue weighted by atomic mass is 32.1. The topological polar surface area (TPSA) is 58.6 Å². The number of carbonyl (C=O) groups excluding carboxylic acids is 1. The fourth-order valence-corrected chi connectivity index (χ4v) is 3.41. The SMILES string of the molecule is COc1ccc(C(=O)NCc2ccc(C(O)c3ccccc3)s2)cc1. The summed E-state index contributed by atoms with van der Waals surface area (Å²) in [4.78, 5) is 14.0. The third-order valence-corrected chi connectivity index (χ3v) is 4.98. The molecule has 0 radical (unpaired) electrons. The number of ether oxygens (including phenoxy) is 1. The molecular weight excluding hydrogens is 334 g/mol. The second kappa shape index (κ2) is 7.96. The van der Waals surface area contributed by atoms with Crippen molar-refractivity contribution in [1.29, 1.82) is 0 Å². The van der Waals surface area contributed by atoms with Gasteiger partial charge in [0.25, 0.3) is 5.91 Å². The van der Waals surface area contributed by atoms with Crippen LogP contribution < -0.4 is 10.1 Å². The second-order valence-corrected chi connectivity index (χ2v) is 6.73. The maximum atomic E-state index is 12.2. The summed E-state index contributed by atoms with van der Waals surface area (Å²) < 4.78 is 5.09. The number of rotatable bonds is 6. The molecule has 0 fully saturated rings. The van der Waals surface area contributed by atoms with E-state index >= 15 is 0 Å². The highest BCUT2D eigenvalue weighted by Crippen LogP contribution is 2.28. The van der Waals surface area contributed by atoms with Gasteiger partial charge in [0.2, 0.25) is 0 Å². The molecule has 0 bridgehead atoms. The lowest BCUT2D eigenvalue weighted by Gasteiger charge is -2.08. The van der Waals surface area contributed by atoms with E-state index in [4.69, 9.17) is 4.74 Å². The number of amides is 1. The summed E-state index contributed by atoms with van der Waals surface area (Å²) in [7, 11) is 1.59. The normalized spacial score (nSPS) is 11.8. The molecule has 1 amide bonds. The van der Waals surface area contributed by atoms with E-state index in [1.165, 1.54) is 11.3 Å². The van der Waals surface area contributed by atoms with E-state index in [2.05, 4.69) is 5.32 Å². The highest BCUT2D eigenvalue weighted by molar-refractivity contribution is 7.12. The van der Waals surface area contributed by atoms with Gasteiger partial charge >= 0.3 is 0 Å². The summed E-state index contributed by atoms with van der Waals surface area (Å²) in [6.45, 7) is 0.428. The maximum absolute atomic E-state index is 12.2. The molecule has 0 aliphatic rings. The molecule has 2 N–H and O–H groups in total. The van der Waals surface area contributed by atoms with Crippen molar-refractivity contribution in [2.24, 2.45) is 0 Å². The van der Waals surface area contributed by atoms with Crippen molar-refractivity contribution >= 4 is 17.2 Å². The molecule has 0 saturated heterocycles. The molecule has 128 valence electrons. The fourth-order valence-electron chi connectivity index (χ4n) is 2.45. The number of hydrogen-bond acceptors (Lipinski definition) is 4. The molecule has 0 spiro atoms. The average molecular weight is 353 g/mol. The molecule has 1 unspecified atom stereocenters. The predicted octanol–water partition coefficient (Wildman–Crippen LogP) is 3.77. The summed E-state index contributed by atoms with van der Waals surface area (Å²) in [5, 5.41) is 13.3. The number of carbonyl (C=O) groups is 1. The summed E-state index contributed by atoms with van der Waals surface area (Å²) in [5.41, 5.74) is 1.44. The summed E-state index contributed by atoms with van der Waals surface area (Å²) in [6, 6.07) is 20.3. The van der Waals surface area contributed by atoms with E-state index in [9.17, 15) is 9.90 Å². The van der Waals surface area contributed by atoms with Crippen molar-refractivity contribution in [2.75, 3.05) is 7.11 Å². The molecule has 3 rings (SSSR count). The van der Waals surface area contributed by atoms with Crippen LogP contribution in [0.25, 0.3) is 0 Å². The lowest BCUT2D eigenvalue weighted by atomic mass is 10.1. The Kier molecular flexibility index (Phi) is 5.48. The zero-order valence-electron chi connectivity index (χ0n) is 13.8. The molecule has 3 aromatic rings. The first-order chi connectivity index (χ1) is 12.2. The average Bonchev–Trinajstić information content (AvgIpc) is 3.15. The standard InChI is InChI=1S/C20H19NO3S/c1-24-16-9-7-15(8-10-16)20(23)21-13-17-11-12-18(25-17)19(22)14-5-3-2-4-6-14/h2-12,19,22H,13H2,1H3,(H,21,23). The lowest BCUT2D eigenvalue weighted by Crippen LogP contribution is -2.22. The van der Waals surface area contributed by atoms with Gasteiger partial charge in [-0.3, -0.25) is 4.79 Å². The van der Waals surface area contributed by atoms with Crippen LogP contribution in [0, 0.1) is 0 Å². The van der Waals surface area contributed by atoms with E-state index in [0.717, 1.165) is 15.3 Å². The summed E-state index contributed by atoms with van der Waals surface area (Å²) >= 11 is 1.49. The van der Waals surface area contributed by atoms with Gasteiger partial charge in [0.05, 0.1) is 13.7 Å². The maximum Gasteiger partial charge on any atom is 0.251 e. The minimum atomic E-state index is -0.641. The van der Waals surface area contributed by atoms with E-state index in [0.29, 0.717) is 17.9 Å². The molecular formula is C20H19NO3S. The Bertz CT molecular complexity index is 828. The molecule has 0 aliphatic heterocycles. The highest BCUT2D eigenvalue weighted by Gasteiger charge is 2.13. The first kappa shape index (κ1) is 17.2. The van der Waals surface area contributed by atoms with E-state index in [1.54, 1.807) is 31.4 Å². The largest absolute Gasteiger partial charge is 0.497 e. The van der Waals surface area contributed by atoms with E-state index < -0.39 is 6.10 Å². The third kappa shape index (κ3) is 4.26. The Balaban J connectivity index is 1.60. The van der Waals surface area contributed by atoms with Crippen LogP contribution in [0.1, 0.15) is 31.8 Å². The van der Waals surface area contributed by atoms with Crippen LogP contribution in [-0.4, -0.2) is 18.1 Å². The van der Waals surface area contributed by atoms with Crippen LogP contribution in [0.5, 0.6) is 5.75 Å². The van der Waals surface area contributed by atoms with Gasteiger partial charge in [-0.05, 0) is 42.0 Å². The Morgan fingerprint density at radius 3 is 2.48 bits per heavy atom. The van der Waals surface area contributed by atoms with Gasteiger partial charge in [0, 0.05) is 15.3 Å². The number of benzene rings is 2. The molecule has 2 aromatic carbocycles. The third-order valence-electron chi connectivity index (χ3n) is 3.84. The molecule has 1 atom stereocenters. The Morgan fingerprint density at radius 2 is 1.80 bits per heavy atom. The van der Waals surface area contributed by atoms with Gasteiger partial charge in [0.1, 0.15) is 11.9 Å². The number of aliphatic hydroxyl groups is 1. The first-order valence-electron chi connectivity index (χ1n) is 7.91. The van der Waals surface area contributed by atoms with Crippen LogP contribution in [0.15, 0.2) is 66.7 Å². The molecule has 4 nitrogen and oxygen atoms in total. The van der Waals surface area contributed by atoms with Crippen molar-refractivity contribution in [3.63, 3.8) is 0 Å². The van der Waals surface area contributed by atoms with Crippen molar-refractivity contribution in [1.82, 2.24) is 5.32 Å². The monoisotopic (exact) mass is 353 g/mol. The number of aliphatic hydroxyl groups excluding tert-OH is 1. The van der Waals surface area contributed by atoms with E-state index in [1.807, 2.05) is 42.5 Å². The first-order valence-corrected chi connectivity index (χ1v) is 8.73. The number of thiophene rings is 1. The van der Waals surface area contributed by atoms with Gasteiger partial charge in [-0.25, -0.2) is 0 Å². The fraction of sp³-hybridized carbons (Fsp3) is 0.150. The van der Waals surface area contributed by atoms with Gasteiger partial charge in [0.15, 0.2) is 0 Å². The minimum absolute atomic E-state index is 0.138. The van der Waals surface area contributed by atoms with Crippen LogP contribution in [-0.2, 0) is 6.54 Å². The zero-order valence-corrected chi connectivity index (χ0v) is 14.6. The number of methoxy groups -OCH3 is 1. The van der Waals surface area contributed by atoms with Crippen LogP contribution in [0.2, 0.25) is 0 Å². The Labute approximate surface area is 150 Å². The predicted molar refractivity (Wildman–Crippen MR) is 99.0 cm³/mol. The van der Waals surface area contributed by atoms with Crippen molar-refractivity contribution in [3.8, 4) is 5.75 Å². The summed E-state index contributed by atoms with van der Waals surface area (Å²) in [5.74, 6) is 0.579. The van der Waals surface area contributed by atoms with Crippen LogP contribution in [0.4, 0.5) is 0 Å². The Morgan fingerprint density at radius 1 is 1.08 bits per heavy atom. The summed E-state index contributed by atoms with van der Waals surface area (Å²) in [6.07, 6.45) is -0.641. The molecule has 25 heavy (non-hydrogen) atoms. The van der Waals surface area contributed by atoms with E-state index in [-0.39, 0.29) is 5.91 Å². The lowest BCUT2D eigenvalue weighted by molar-refractivity contribution is 0.0951. The minimum Gasteiger partial charge on any atom is -0.497 e. The molecule has 0 saturated carbocycles. The second-order valence-electron chi connectivity index (χ2n) is 5.53.